The number of rotatable bonds is 4. The average molecular weight is 283 g/mol. The predicted molar refractivity (Wildman–Crippen MR) is 66.7 cm³/mol. The molecule has 0 spiro atoms. The van der Waals surface area contributed by atoms with Gasteiger partial charge in [0.2, 0.25) is 0 Å². The number of pyridine rings is 1. The lowest BCUT2D eigenvalue weighted by atomic mass is 10.2. The van der Waals surface area contributed by atoms with Gasteiger partial charge in [-0.05, 0) is 37.8 Å². The van der Waals surface area contributed by atoms with Gasteiger partial charge in [-0.1, -0.05) is 15.9 Å². The van der Waals surface area contributed by atoms with Gasteiger partial charge in [0.1, 0.15) is 0 Å². The number of aryl methyl sites for hydroxylation is 1. The van der Waals surface area contributed by atoms with Crippen molar-refractivity contribution >= 4 is 21.8 Å². The van der Waals surface area contributed by atoms with Crippen LogP contribution < -0.4 is 5.32 Å². The van der Waals surface area contributed by atoms with Gasteiger partial charge < -0.3 is 5.32 Å². The molecule has 1 atom stereocenters. The van der Waals surface area contributed by atoms with E-state index in [0.29, 0.717) is 16.9 Å². The fraction of sp³-hybridized carbons (Fsp3) is 0.500. The van der Waals surface area contributed by atoms with E-state index in [2.05, 4.69) is 26.2 Å². The Bertz CT molecular complexity index is 373. The lowest BCUT2D eigenvalue weighted by molar-refractivity contribution is 0.0953. The molecule has 0 bridgehead atoms. The zero-order valence-electron chi connectivity index (χ0n) is 9.24. The van der Waals surface area contributed by atoms with E-state index in [0.717, 1.165) is 11.6 Å². The molecule has 0 saturated heterocycles. The number of hydrogen-bond donors (Lipinski definition) is 1. The topological polar surface area (TPSA) is 42.0 Å². The van der Waals surface area contributed by atoms with Gasteiger partial charge >= 0.3 is 0 Å². The molecule has 1 amide bonds. The third kappa shape index (κ3) is 3.04. The number of hydrogen-bond acceptors (Lipinski definition) is 2. The number of carbonyl (C=O) groups is 1. The molecule has 0 radical (unpaired) electrons. The molecule has 1 heterocycles. The fourth-order valence-corrected chi connectivity index (χ4v) is 2.21. The third-order valence-corrected chi connectivity index (χ3v) is 3.84. The highest BCUT2D eigenvalue weighted by Crippen LogP contribution is 2.36. The van der Waals surface area contributed by atoms with Gasteiger partial charge in [-0.3, -0.25) is 9.78 Å². The lowest BCUT2D eigenvalue weighted by Gasteiger charge is -2.09. The van der Waals surface area contributed by atoms with Gasteiger partial charge in [-0.25, -0.2) is 0 Å². The number of halogens is 1. The first-order valence-corrected chi connectivity index (χ1v) is 6.43. The van der Waals surface area contributed by atoms with Crippen LogP contribution >= 0.6 is 15.9 Å². The predicted octanol–water partition coefficient (Wildman–Crippen LogP) is 2.29. The summed E-state index contributed by atoms with van der Waals surface area (Å²) in [5, 5.41) is 2.91. The maximum absolute atomic E-state index is 11.7. The normalized spacial score (nSPS) is 16.9. The zero-order chi connectivity index (χ0) is 11.5. The minimum absolute atomic E-state index is 0.0439. The van der Waals surface area contributed by atoms with Crippen LogP contribution in [0.3, 0.4) is 0 Å². The highest BCUT2D eigenvalue weighted by molar-refractivity contribution is 9.09. The summed E-state index contributed by atoms with van der Waals surface area (Å²) >= 11 is 3.59. The lowest BCUT2D eigenvalue weighted by Crippen LogP contribution is -2.30. The zero-order valence-corrected chi connectivity index (χ0v) is 10.8. The number of amides is 1. The van der Waals surface area contributed by atoms with E-state index in [9.17, 15) is 4.79 Å². The van der Waals surface area contributed by atoms with Crippen LogP contribution in [-0.4, -0.2) is 22.3 Å². The smallest absolute Gasteiger partial charge is 0.252 e. The summed E-state index contributed by atoms with van der Waals surface area (Å²) in [6.45, 7) is 2.60. The van der Waals surface area contributed by atoms with Crippen LogP contribution in [0, 0.1) is 12.8 Å². The van der Waals surface area contributed by atoms with Crippen LogP contribution in [-0.2, 0) is 0 Å². The van der Waals surface area contributed by atoms with Crippen molar-refractivity contribution in [2.24, 2.45) is 5.92 Å². The number of nitrogens with zero attached hydrogens (tertiary/aromatic N) is 1. The molecule has 1 saturated carbocycles. The molecule has 1 N–H and O–H groups in total. The molecule has 1 aliphatic rings. The molecule has 16 heavy (non-hydrogen) atoms. The van der Waals surface area contributed by atoms with Crippen LogP contribution in [0.5, 0.6) is 0 Å². The van der Waals surface area contributed by atoms with Gasteiger partial charge in [0.15, 0.2) is 0 Å². The van der Waals surface area contributed by atoms with Crippen molar-refractivity contribution in [3.63, 3.8) is 0 Å². The Morgan fingerprint density at radius 1 is 1.62 bits per heavy atom. The van der Waals surface area contributed by atoms with Gasteiger partial charge in [-0.15, -0.1) is 0 Å². The summed E-state index contributed by atoms with van der Waals surface area (Å²) in [6.07, 6.45) is 4.17. The second-order valence-corrected chi connectivity index (χ2v) is 5.43. The third-order valence-electron chi connectivity index (χ3n) is 2.76. The molecule has 1 aromatic rings. The largest absolute Gasteiger partial charge is 0.351 e. The Kier molecular flexibility index (Phi) is 3.59. The fourth-order valence-electron chi connectivity index (χ4n) is 1.52. The Labute approximate surface area is 104 Å². The van der Waals surface area contributed by atoms with E-state index in [1.165, 1.54) is 12.8 Å². The summed E-state index contributed by atoms with van der Waals surface area (Å²) in [7, 11) is 0. The van der Waals surface area contributed by atoms with Crippen molar-refractivity contribution in [3.8, 4) is 0 Å². The van der Waals surface area contributed by atoms with E-state index in [4.69, 9.17) is 0 Å². The van der Waals surface area contributed by atoms with Crippen LogP contribution in [0.1, 0.15) is 28.9 Å². The van der Waals surface area contributed by atoms with E-state index >= 15 is 0 Å². The van der Waals surface area contributed by atoms with Crippen LogP contribution in [0.2, 0.25) is 0 Å². The first kappa shape index (κ1) is 11.6. The van der Waals surface area contributed by atoms with E-state index in [1.807, 2.05) is 13.0 Å². The van der Waals surface area contributed by atoms with Gasteiger partial charge in [0, 0.05) is 23.3 Å². The van der Waals surface area contributed by atoms with Crippen molar-refractivity contribution in [2.45, 2.75) is 24.6 Å². The monoisotopic (exact) mass is 282 g/mol. The van der Waals surface area contributed by atoms with Crippen LogP contribution in [0.15, 0.2) is 18.3 Å². The molecule has 1 aliphatic carbocycles. The molecule has 86 valence electrons. The first-order valence-electron chi connectivity index (χ1n) is 5.52. The summed E-state index contributed by atoms with van der Waals surface area (Å²) in [5.74, 6) is 0.703. The van der Waals surface area contributed by atoms with Gasteiger partial charge in [0.05, 0.1) is 5.56 Å². The Hall–Kier alpha value is -0.900. The van der Waals surface area contributed by atoms with Gasteiger partial charge in [-0.2, -0.15) is 0 Å². The van der Waals surface area contributed by atoms with Crippen molar-refractivity contribution in [1.29, 1.82) is 0 Å². The second kappa shape index (κ2) is 4.95. The Balaban J connectivity index is 1.85. The molecule has 0 aromatic carbocycles. The molecule has 1 unspecified atom stereocenters. The molecule has 3 nitrogen and oxygen atoms in total. The number of carbonyl (C=O) groups excluding carboxylic acids is 1. The molecule has 1 aromatic heterocycles. The molecule has 4 heteroatoms. The molecular formula is C12H15BrN2O. The standard InChI is InChI=1S/C12H15BrN2O/c1-8-2-3-10(6-14-8)12(16)15-7-11(13)9-4-5-9/h2-3,6,9,11H,4-5,7H2,1H3,(H,15,16). The highest BCUT2D eigenvalue weighted by atomic mass is 79.9. The van der Waals surface area contributed by atoms with Crippen molar-refractivity contribution < 1.29 is 4.79 Å². The maximum atomic E-state index is 11.7. The highest BCUT2D eigenvalue weighted by Gasteiger charge is 2.29. The van der Waals surface area contributed by atoms with Crippen LogP contribution in [0.25, 0.3) is 0 Å². The second-order valence-electron chi connectivity index (χ2n) is 4.25. The van der Waals surface area contributed by atoms with E-state index in [1.54, 1.807) is 12.3 Å². The van der Waals surface area contributed by atoms with Crippen LogP contribution in [0.4, 0.5) is 0 Å². The molecule has 0 aliphatic heterocycles. The Morgan fingerprint density at radius 3 is 2.94 bits per heavy atom. The quantitative estimate of drug-likeness (QED) is 0.861. The number of aromatic nitrogens is 1. The minimum atomic E-state index is -0.0439. The Morgan fingerprint density at radius 2 is 2.38 bits per heavy atom. The minimum Gasteiger partial charge on any atom is -0.351 e. The van der Waals surface area contributed by atoms with Crippen molar-refractivity contribution in [1.82, 2.24) is 10.3 Å². The molecule has 1 fully saturated rings. The number of nitrogens with one attached hydrogen (secondary N) is 1. The summed E-state index contributed by atoms with van der Waals surface area (Å²) in [4.78, 5) is 16.2. The molecule has 2 rings (SSSR count). The van der Waals surface area contributed by atoms with E-state index in [-0.39, 0.29) is 5.91 Å². The number of alkyl halides is 1. The van der Waals surface area contributed by atoms with E-state index < -0.39 is 0 Å². The summed E-state index contributed by atoms with van der Waals surface area (Å²) in [6, 6.07) is 3.65. The van der Waals surface area contributed by atoms with Crippen molar-refractivity contribution in [3.05, 3.63) is 29.6 Å². The van der Waals surface area contributed by atoms with Crippen molar-refractivity contribution in [2.75, 3.05) is 6.54 Å². The summed E-state index contributed by atoms with van der Waals surface area (Å²) < 4.78 is 0. The van der Waals surface area contributed by atoms with Gasteiger partial charge in [0.25, 0.3) is 5.91 Å². The average Bonchev–Trinajstić information content (AvgIpc) is 3.10. The maximum Gasteiger partial charge on any atom is 0.252 e. The first-order chi connectivity index (χ1) is 7.66. The summed E-state index contributed by atoms with van der Waals surface area (Å²) in [5.41, 5.74) is 1.55. The molecular weight excluding hydrogens is 268 g/mol. The SMILES string of the molecule is Cc1ccc(C(=O)NCC(Br)C2CC2)cn1.